The Morgan fingerprint density at radius 3 is 2.46 bits per heavy atom. The van der Waals surface area contributed by atoms with E-state index in [-0.39, 0.29) is 5.76 Å². The fourth-order valence-electron chi connectivity index (χ4n) is 3.55. The highest BCUT2D eigenvalue weighted by Crippen LogP contribution is 2.44. The molecule has 4 rings (SSSR count). The second kappa shape index (κ2) is 7.49. The standard InChI is InChI=1S/C23H19ClN2O2/c1-15-5-7-17(8-6-15)20-21(18-3-2-4-19(24)13-18)26(23(28)22(20)27)14-16-9-11-25-12-10-16/h2-13,21,27H,14H2,1H3/t21-/m0/s1. The SMILES string of the molecule is Cc1ccc(C2=C(O)C(=O)N(Cc3ccncc3)[C@H]2c2cccc(Cl)c2)cc1. The molecule has 1 atom stereocenters. The number of halogens is 1. The Hall–Kier alpha value is -3.11. The van der Waals surface area contributed by atoms with Crippen LogP contribution in [-0.2, 0) is 11.3 Å². The third kappa shape index (κ3) is 3.39. The predicted octanol–water partition coefficient (Wildman–Crippen LogP) is 5.10. The van der Waals surface area contributed by atoms with Crippen molar-refractivity contribution in [2.24, 2.45) is 0 Å². The van der Waals surface area contributed by atoms with E-state index in [1.807, 2.05) is 61.5 Å². The Bertz CT molecular complexity index is 1050. The molecule has 28 heavy (non-hydrogen) atoms. The molecule has 0 unspecified atom stereocenters. The molecule has 0 bridgehead atoms. The van der Waals surface area contributed by atoms with Gasteiger partial charge in [-0.15, -0.1) is 0 Å². The maximum atomic E-state index is 13.0. The van der Waals surface area contributed by atoms with Gasteiger partial charge in [0.05, 0.1) is 6.04 Å². The van der Waals surface area contributed by atoms with E-state index in [0.29, 0.717) is 17.1 Å². The van der Waals surface area contributed by atoms with E-state index < -0.39 is 11.9 Å². The van der Waals surface area contributed by atoms with Crippen LogP contribution < -0.4 is 0 Å². The molecular formula is C23H19ClN2O2. The molecule has 1 amide bonds. The zero-order valence-electron chi connectivity index (χ0n) is 15.3. The van der Waals surface area contributed by atoms with E-state index in [4.69, 9.17) is 11.6 Å². The van der Waals surface area contributed by atoms with Crippen molar-refractivity contribution < 1.29 is 9.90 Å². The van der Waals surface area contributed by atoms with Gasteiger partial charge in [0.2, 0.25) is 0 Å². The van der Waals surface area contributed by atoms with Crippen LogP contribution in [0.5, 0.6) is 0 Å². The number of aryl methyl sites for hydroxylation is 1. The van der Waals surface area contributed by atoms with Gasteiger partial charge < -0.3 is 10.0 Å². The second-order valence-electron chi connectivity index (χ2n) is 6.87. The molecule has 0 saturated carbocycles. The average molecular weight is 391 g/mol. The summed E-state index contributed by atoms with van der Waals surface area (Å²) in [5.74, 6) is -0.611. The quantitative estimate of drug-likeness (QED) is 0.674. The topological polar surface area (TPSA) is 53.4 Å². The van der Waals surface area contributed by atoms with Crippen molar-refractivity contribution in [2.45, 2.75) is 19.5 Å². The summed E-state index contributed by atoms with van der Waals surface area (Å²) in [6, 6.07) is 18.5. The Morgan fingerprint density at radius 1 is 1.07 bits per heavy atom. The number of aliphatic hydroxyl groups is 1. The van der Waals surface area contributed by atoms with Crippen LogP contribution in [-0.4, -0.2) is 20.9 Å². The summed E-state index contributed by atoms with van der Waals surface area (Å²) >= 11 is 6.23. The van der Waals surface area contributed by atoms with Crippen LogP contribution in [0.25, 0.3) is 5.57 Å². The number of hydrogen-bond donors (Lipinski definition) is 1. The van der Waals surface area contributed by atoms with E-state index in [1.54, 1.807) is 23.4 Å². The van der Waals surface area contributed by atoms with Gasteiger partial charge >= 0.3 is 0 Å². The summed E-state index contributed by atoms with van der Waals surface area (Å²) in [4.78, 5) is 18.7. The molecule has 2 heterocycles. The number of carbonyl (C=O) groups excluding carboxylic acids is 1. The number of benzene rings is 2. The van der Waals surface area contributed by atoms with E-state index in [0.717, 1.165) is 22.3 Å². The number of aromatic nitrogens is 1. The first kappa shape index (κ1) is 18.3. The minimum absolute atomic E-state index is 0.220. The lowest BCUT2D eigenvalue weighted by Crippen LogP contribution is -2.29. The average Bonchev–Trinajstić information content (AvgIpc) is 2.94. The molecule has 0 fully saturated rings. The van der Waals surface area contributed by atoms with Gasteiger partial charge in [-0.05, 0) is 47.9 Å². The van der Waals surface area contributed by atoms with E-state index in [9.17, 15) is 9.90 Å². The van der Waals surface area contributed by atoms with Crippen molar-refractivity contribution in [3.05, 3.63) is 106 Å². The molecule has 0 spiro atoms. The van der Waals surface area contributed by atoms with E-state index in [2.05, 4.69) is 4.98 Å². The van der Waals surface area contributed by atoms with Crippen LogP contribution in [0.15, 0.2) is 78.8 Å². The third-order valence-electron chi connectivity index (χ3n) is 4.93. The number of carbonyl (C=O) groups is 1. The molecule has 1 aliphatic heterocycles. The molecule has 4 nitrogen and oxygen atoms in total. The number of amides is 1. The highest BCUT2D eigenvalue weighted by molar-refractivity contribution is 6.30. The van der Waals surface area contributed by atoms with Gasteiger partial charge in [0.15, 0.2) is 5.76 Å². The summed E-state index contributed by atoms with van der Waals surface area (Å²) in [6.45, 7) is 2.36. The van der Waals surface area contributed by atoms with Gasteiger partial charge in [0.1, 0.15) is 0 Å². The zero-order valence-corrected chi connectivity index (χ0v) is 16.1. The summed E-state index contributed by atoms with van der Waals surface area (Å²) in [5, 5.41) is 11.4. The van der Waals surface area contributed by atoms with Crippen molar-refractivity contribution in [3.8, 4) is 0 Å². The van der Waals surface area contributed by atoms with Crippen LogP contribution in [0.2, 0.25) is 5.02 Å². The summed E-state index contributed by atoms with van der Waals surface area (Å²) in [7, 11) is 0. The molecule has 2 aromatic carbocycles. The highest BCUT2D eigenvalue weighted by atomic mass is 35.5. The van der Waals surface area contributed by atoms with Crippen molar-refractivity contribution in [1.29, 1.82) is 0 Å². The van der Waals surface area contributed by atoms with Gasteiger partial charge in [0, 0.05) is 29.5 Å². The first-order valence-corrected chi connectivity index (χ1v) is 9.38. The minimum atomic E-state index is -0.429. The summed E-state index contributed by atoms with van der Waals surface area (Å²) in [6.07, 6.45) is 3.39. The summed E-state index contributed by atoms with van der Waals surface area (Å²) in [5.41, 5.74) is 4.32. The fraction of sp³-hybridized carbons (Fsp3) is 0.130. The molecule has 1 aromatic heterocycles. The lowest BCUT2D eigenvalue weighted by molar-refractivity contribution is -0.130. The molecule has 1 N–H and O–H groups in total. The first-order valence-electron chi connectivity index (χ1n) is 9.00. The Kier molecular flexibility index (Phi) is 4.88. The van der Waals surface area contributed by atoms with Gasteiger partial charge in [-0.2, -0.15) is 0 Å². The molecule has 1 aliphatic rings. The van der Waals surface area contributed by atoms with Crippen LogP contribution in [0.1, 0.15) is 28.3 Å². The minimum Gasteiger partial charge on any atom is -0.503 e. The number of aliphatic hydroxyl groups excluding tert-OH is 1. The number of rotatable bonds is 4. The van der Waals surface area contributed by atoms with Crippen molar-refractivity contribution in [3.63, 3.8) is 0 Å². The molecule has 140 valence electrons. The van der Waals surface area contributed by atoms with Crippen LogP contribution in [0, 0.1) is 6.92 Å². The van der Waals surface area contributed by atoms with Gasteiger partial charge in [0.25, 0.3) is 5.91 Å². The number of pyridine rings is 1. The zero-order chi connectivity index (χ0) is 19.7. The largest absolute Gasteiger partial charge is 0.503 e. The van der Waals surface area contributed by atoms with E-state index >= 15 is 0 Å². The van der Waals surface area contributed by atoms with Crippen molar-refractivity contribution in [2.75, 3.05) is 0 Å². The van der Waals surface area contributed by atoms with E-state index in [1.165, 1.54) is 0 Å². The first-order chi connectivity index (χ1) is 13.5. The number of nitrogens with zero attached hydrogens (tertiary/aromatic N) is 2. The smallest absolute Gasteiger partial charge is 0.290 e. The van der Waals surface area contributed by atoms with Crippen LogP contribution in [0.3, 0.4) is 0 Å². The molecule has 3 aromatic rings. The Morgan fingerprint density at radius 2 is 1.79 bits per heavy atom. The molecular weight excluding hydrogens is 372 g/mol. The monoisotopic (exact) mass is 390 g/mol. The lowest BCUT2D eigenvalue weighted by Gasteiger charge is -2.27. The maximum absolute atomic E-state index is 13.0. The lowest BCUT2D eigenvalue weighted by atomic mass is 9.93. The second-order valence-corrected chi connectivity index (χ2v) is 7.31. The Balaban J connectivity index is 1.83. The molecule has 5 heteroatoms. The normalized spacial score (nSPS) is 16.7. The number of hydrogen-bond acceptors (Lipinski definition) is 3. The molecule has 0 saturated heterocycles. The molecule has 0 radical (unpaired) electrons. The van der Waals surface area contributed by atoms with Crippen LogP contribution in [0.4, 0.5) is 0 Å². The fourth-order valence-corrected chi connectivity index (χ4v) is 3.75. The van der Waals surface area contributed by atoms with Crippen molar-refractivity contribution in [1.82, 2.24) is 9.88 Å². The molecule has 0 aliphatic carbocycles. The third-order valence-corrected chi connectivity index (χ3v) is 5.17. The summed E-state index contributed by atoms with van der Waals surface area (Å²) < 4.78 is 0. The van der Waals surface area contributed by atoms with Crippen LogP contribution >= 0.6 is 11.6 Å². The van der Waals surface area contributed by atoms with Crippen molar-refractivity contribution >= 4 is 23.1 Å². The predicted molar refractivity (Wildman–Crippen MR) is 110 cm³/mol. The van der Waals surface area contributed by atoms with Gasteiger partial charge in [-0.1, -0.05) is 53.6 Å². The highest BCUT2D eigenvalue weighted by Gasteiger charge is 2.41. The Labute approximate surface area is 168 Å². The van der Waals surface area contributed by atoms with Gasteiger partial charge in [-0.25, -0.2) is 0 Å². The maximum Gasteiger partial charge on any atom is 0.290 e. The van der Waals surface area contributed by atoms with Gasteiger partial charge in [-0.3, -0.25) is 9.78 Å².